The molecule has 0 amide bonds. The highest BCUT2D eigenvalue weighted by atomic mass is 19.1. The highest BCUT2D eigenvalue weighted by molar-refractivity contribution is 5.50. The molecule has 1 rings (SSSR count). The minimum atomic E-state index is -0.627. The van der Waals surface area contributed by atoms with Crippen molar-refractivity contribution in [2.75, 3.05) is 11.4 Å². The zero-order valence-corrected chi connectivity index (χ0v) is 10.4. The zero-order chi connectivity index (χ0) is 12.3. The Kier molecular flexibility index (Phi) is 4.30. The highest BCUT2D eigenvalue weighted by Crippen LogP contribution is 2.24. The number of halogens is 1. The van der Waals surface area contributed by atoms with Crippen molar-refractivity contribution in [2.45, 2.75) is 39.8 Å². The summed E-state index contributed by atoms with van der Waals surface area (Å²) in [4.78, 5) is 1.99. The number of benzene rings is 1. The number of nitrogens with zero attached hydrogens (tertiary/aromatic N) is 1. The van der Waals surface area contributed by atoms with E-state index in [0.29, 0.717) is 11.3 Å². The molecule has 3 heteroatoms. The summed E-state index contributed by atoms with van der Waals surface area (Å²) in [6.45, 7) is 8.47. The molecule has 0 saturated carbocycles. The first-order valence-electron chi connectivity index (χ1n) is 5.71. The van der Waals surface area contributed by atoms with Crippen molar-refractivity contribution >= 4 is 5.69 Å². The molecule has 0 aliphatic rings. The van der Waals surface area contributed by atoms with E-state index >= 15 is 0 Å². The number of anilines is 1. The van der Waals surface area contributed by atoms with Crippen molar-refractivity contribution in [1.29, 1.82) is 0 Å². The molecule has 16 heavy (non-hydrogen) atoms. The normalized spacial score (nSPS) is 12.9. The molecule has 0 saturated heterocycles. The molecule has 0 radical (unpaired) electrons. The molecule has 0 bridgehead atoms. The monoisotopic (exact) mass is 225 g/mol. The fourth-order valence-corrected chi connectivity index (χ4v) is 1.83. The lowest BCUT2D eigenvalue weighted by molar-refractivity contribution is 0.199. The predicted octanol–water partition coefficient (Wildman–Crippen LogP) is 3.11. The topological polar surface area (TPSA) is 23.5 Å². The van der Waals surface area contributed by atoms with Gasteiger partial charge >= 0.3 is 0 Å². The summed E-state index contributed by atoms with van der Waals surface area (Å²) in [6.07, 6.45) is -0.627. The van der Waals surface area contributed by atoms with Crippen LogP contribution in [0.4, 0.5) is 10.1 Å². The van der Waals surface area contributed by atoms with Crippen LogP contribution in [-0.2, 0) is 0 Å². The minimum Gasteiger partial charge on any atom is -0.389 e. The predicted molar refractivity (Wildman–Crippen MR) is 65.2 cm³/mol. The lowest BCUT2D eigenvalue weighted by atomic mass is 10.1. The molecule has 2 nitrogen and oxygen atoms in total. The van der Waals surface area contributed by atoms with Gasteiger partial charge < -0.3 is 10.0 Å². The van der Waals surface area contributed by atoms with Crippen LogP contribution in [-0.4, -0.2) is 17.7 Å². The van der Waals surface area contributed by atoms with E-state index < -0.39 is 6.10 Å². The van der Waals surface area contributed by atoms with Gasteiger partial charge in [0.15, 0.2) is 0 Å². The van der Waals surface area contributed by atoms with E-state index in [-0.39, 0.29) is 11.9 Å². The summed E-state index contributed by atoms with van der Waals surface area (Å²) in [6, 6.07) is 5.18. The van der Waals surface area contributed by atoms with E-state index in [1.54, 1.807) is 19.1 Å². The molecule has 0 heterocycles. The molecular formula is C13H20FNO. The Morgan fingerprint density at radius 1 is 1.31 bits per heavy atom. The van der Waals surface area contributed by atoms with Crippen LogP contribution in [0.2, 0.25) is 0 Å². The standard InChI is InChI=1S/C13H20FNO/c1-5-15(9(2)3)13-7-6-11(10(4)16)8-12(13)14/h6-10,16H,5H2,1-4H3/t10-/m0/s1. The lowest BCUT2D eigenvalue weighted by Gasteiger charge is -2.28. The molecule has 1 aromatic carbocycles. The number of aliphatic hydroxyl groups is 1. The third-order valence-electron chi connectivity index (χ3n) is 2.73. The zero-order valence-electron chi connectivity index (χ0n) is 10.4. The quantitative estimate of drug-likeness (QED) is 0.851. The minimum absolute atomic E-state index is 0.261. The van der Waals surface area contributed by atoms with Gasteiger partial charge in [-0.15, -0.1) is 0 Å². The first-order chi connectivity index (χ1) is 7.47. The molecule has 0 spiro atoms. The SMILES string of the molecule is CCN(c1ccc([C@H](C)O)cc1F)C(C)C. The van der Waals surface area contributed by atoms with Gasteiger partial charge in [-0.3, -0.25) is 0 Å². The van der Waals surface area contributed by atoms with E-state index in [1.807, 2.05) is 25.7 Å². The summed E-state index contributed by atoms with van der Waals surface area (Å²) in [5.41, 5.74) is 1.21. The maximum Gasteiger partial charge on any atom is 0.146 e. The Labute approximate surface area is 96.7 Å². The maximum atomic E-state index is 13.9. The van der Waals surface area contributed by atoms with E-state index in [4.69, 9.17) is 0 Å². The van der Waals surface area contributed by atoms with Gasteiger partial charge in [-0.2, -0.15) is 0 Å². The van der Waals surface area contributed by atoms with Gasteiger partial charge in [-0.1, -0.05) is 6.07 Å². The number of hydrogen-bond acceptors (Lipinski definition) is 2. The second kappa shape index (κ2) is 5.30. The molecule has 0 fully saturated rings. The number of hydrogen-bond donors (Lipinski definition) is 1. The van der Waals surface area contributed by atoms with Gasteiger partial charge in [0.05, 0.1) is 11.8 Å². The maximum absolute atomic E-state index is 13.9. The summed E-state index contributed by atoms with van der Waals surface area (Å²) >= 11 is 0. The van der Waals surface area contributed by atoms with E-state index in [9.17, 15) is 9.50 Å². The Balaban J connectivity index is 3.06. The van der Waals surface area contributed by atoms with Crippen molar-refractivity contribution in [3.05, 3.63) is 29.6 Å². The molecule has 1 N–H and O–H groups in total. The molecule has 0 aliphatic heterocycles. The van der Waals surface area contributed by atoms with Gasteiger partial charge in [0.2, 0.25) is 0 Å². The second-order valence-corrected chi connectivity index (χ2v) is 4.27. The van der Waals surface area contributed by atoms with Crippen LogP contribution < -0.4 is 4.90 Å². The molecule has 0 aromatic heterocycles. The van der Waals surface area contributed by atoms with Crippen LogP contribution >= 0.6 is 0 Å². The van der Waals surface area contributed by atoms with Crippen LogP contribution in [0.25, 0.3) is 0 Å². The van der Waals surface area contributed by atoms with E-state index in [0.717, 1.165) is 6.54 Å². The van der Waals surface area contributed by atoms with Crippen molar-refractivity contribution in [3.8, 4) is 0 Å². The summed E-state index contributed by atoms with van der Waals surface area (Å²) in [5.74, 6) is -0.269. The molecule has 1 atom stereocenters. The van der Waals surface area contributed by atoms with Crippen LogP contribution in [0.5, 0.6) is 0 Å². The number of aliphatic hydroxyl groups excluding tert-OH is 1. The molecule has 0 aliphatic carbocycles. The Hall–Kier alpha value is -1.09. The molecule has 0 unspecified atom stereocenters. The Morgan fingerprint density at radius 2 is 1.94 bits per heavy atom. The van der Waals surface area contributed by atoms with Gasteiger partial charge in [0, 0.05) is 12.6 Å². The first kappa shape index (κ1) is 13.0. The average molecular weight is 225 g/mol. The Morgan fingerprint density at radius 3 is 2.31 bits per heavy atom. The lowest BCUT2D eigenvalue weighted by Crippen LogP contribution is -2.31. The largest absolute Gasteiger partial charge is 0.389 e. The molecule has 90 valence electrons. The highest BCUT2D eigenvalue weighted by Gasteiger charge is 2.14. The smallest absolute Gasteiger partial charge is 0.146 e. The molecular weight excluding hydrogens is 205 g/mol. The van der Waals surface area contributed by atoms with Crippen molar-refractivity contribution < 1.29 is 9.50 Å². The average Bonchev–Trinajstić information content (AvgIpc) is 2.20. The van der Waals surface area contributed by atoms with Gasteiger partial charge in [-0.05, 0) is 45.4 Å². The van der Waals surface area contributed by atoms with Crippen LogP contribution in [0.15, 0.2) is 18.2 Å². The van der Waals surface area contributed by atoms with Crippen molar-refractivity contribution in [2.24, 2.45) is 0 Å². The summed E-state index contributed by atoms with van der Waals surface area (Å²) < 4.78 is 13.9. The third kappa shape index (κ3) is 2.73. The summed E-state index contributed by atoms with van der Waals surface area (Å²) in [5, 5.41) is 9.36. The van der Waals surface area contributed by atoms with Crippen molar-refractivity contribution in [1.82, 2.24) is 0 Å². The fraction of sp³-hybridized carbons (Fsp3) is 0.538. The van der Waals surface area contributed by atoms with E-state index in [1.165, 1.54) is 6.07 Å². The van der Waals surface area contributed by atoms with E-state index in [2.05, 4.69) is 0 Å². The van der Waals surface area contributed by atoms with Gasteiger partial charge in [0.1, 0.15) is 5.82 Å². The second-order valence-electron chi connectivity index (χ2n) is 4.27. The molecule has 1 aromatic rings. The summed E-state index contributed by atoms with van der Waals surface area (Å²) in [7, 11) is 0. The van der Waals surface area contributed by atoms with Crippen LogP contribution in [0.3, 0.4) is 0 Å². The van der Waals surface area contributed by atoms with Crippen LogP contribution in [0, 0.1) is 5.82 Å². The Bertz CT molecular complexity index is 350. The third-order valence-corrected chi connectivity index (χ3v) is 2.73. The fourth-order valence-electron chi connectivity index (χ4n) is 1.83. The van der Waals surface area contributed by atoms with Crippen molar-refractivity contribution in [3.63, 3.8) is 0 Å². The van der Waals surface area contributed by atoms with Crippen LogP contribution in [0.1, 0.15) is 39.4 Å². The first-order valence-corrected chi connectivity index (χ1v) is 5.71. The van der Waals surface area contributed by atoms with Gasteiger partial charge in [-0.25, -0.2) is 4.39 Å². The van der Waals surface area contributed by atoms with Gasteiger partial charge in [0.25, 0.3) is 0 Å². The number of rotatable bonds is 4.